The van der Waals surface area contributed by atoms with Crippen LogP contribution in [0.3, 0.4) is 0 Å². The van der Waals surface area contributed by atoms with E-state index < -0.39 is 5.06 Å². The van der Waals surface area contributed by atoms with E-state index in [2.05, 4.69) is 6.92 Å². The minimum atomic E-state index is -1.39. The maximum atomic E-state index is 9.36. The van der Waals surface area contributed by atoms with Crippen LogP contribution < -0.4 is 6.15 Å². The Bertz CT molecular complexity index is 166. The van der Waals surface area contributed by atoms with Crippen molar-refractivity contribution in [1.29, 1.82) is 0 Å². The van der Waals surface area contributed by atoms with Crippen molar-refractivity contribution < 1.29 is 10.2 Å². The van der Waals surface area contributed by atoms with E-state index in [1.54, 1.807) is 0 Å². The molecule has 1 unspecified atom stereocenters. The van der Waals surface area contributed by atoms with Crippen LogP contribution in [0, 0.1) is 0 Å². The van der Waals surface area contributed by atoms with Crippen LogP contribution in [0.4, 0.5) is 0 Å². The SMILES string of the molecule is CCCCCCCCCCCCC(O)(Cl)CO.N. The monoisotopic (exact) mass is 281 g/mol. The van der Waals surface area contributed by atoms with Crippen LogP contribution in [0.2, 0.25) is 0 Å². The van der Waals surface area contributed by atoms with Crippen LogP contribution in [0.1, 0.15) is 77.6 Å². The molecular formula is C14H32ClNO2. The minimum absolute atomic E-state index is 0. The number of halogens is 1. The largest absolute Gasteiger partial charge is 0.392 e. The van der Waals surface area contributed by atoms with Crippen molar-refractivity contribution in [3.8, 4) is 0 Å². The zero-order chi connectivity index (χ0) is 13.0. The van der Waals surface area contributed by atoms with Crippen molar-refractivity contribution in [3.63, 3.8) is 0 Å². The summed E-state index contributed by atoms with van der Waals surface area (Å²) in [6, 6.07) is 0. The quantitative estimate of drug-likeness (QED) is 0.367. The molecule has 0 aliphatic carbocycles. The Morgan fingerprint density at radius 1 is 0.833 bits per heavy atom. The second-order valence-corrected chi connectivity index (χ2v) is 5.71. The van der Waals surface area contributed by atoms with Crippen molar-refractivity contribution in [2.24, 2.45) is 0 Å². The van der Waals surface area contributed by atoms with E-state index in [4.69, 9.17) is 16.7 Å². The molecule has 0 aliphatic heterocycles. The normalized spacial score (nSPS) is 14.0. The Kier molecular flexibility index (Phi) is 15.5. The molecule has 0 aromatic carbocycles. The van der Waals surface area contributed by atoms with Gasteiger partial charge in [0, 0.05) is 0 Å². The summed E-state index contributed by atoms with van der Waals surface area (Å²) in [7, 11) is 0. The van der Waals surface area contributed by atoms with Crippen LogP contribution in [-0.2, 0) is 0 Å². The third-order valence-electron chi connectivity index (χ3n) is 3.16. The lowest BCUT2D eigenvalue weighted by Crippen LogP contribution is -2.25. The molecule has 0 saturated carbocycles. The third-order valence-corrected chi connectivity index (χ3v) is 3.46. The molecule has 5 N–H and O–H groups in total. The van der Waals surface area contributed by atoms with E-state index in [1.165, 1.54) is 51.4 Å². The molecule has 0 aromatic heterocycles. The van der Waals surface area contributed by atoms with Gasteiger partial charge in [-0.2, -0.15) is 0 Å². The molecular weight excluding hydrogens is 250 g/mol. The number of aliphatic hydroxyl groups is 2. The van der Waals surface area contributed by atoms with Gasteiger partial charge in [-0.1, -0.05) is 76.3 Å². The minimum Gasteiger partial charge on any atom is -0.392 e. The number of hydrogen-bond acceptors (Lipinski definition) is 3. The fourth-order valence-corrected chi connectivity index (χ4v) is 2.10. The molecule has 0 amide bonds. The van der Waals surface area contributed by atoms with E-state index in [9.17, 15) is 5.11 Å². The van der Waals surface area contributed by atoms with Gasteiger partial charge in [-0.05, 0) is 12.8 Å². The van der Waals surface area contributed by atoms with Gasteiger partial charge >= 0.3 is 0 Å². The summed E-state index contributed by atoms with van der Waals surface area (Å²) in [4.78, 5) is 0. The maximum Gasteiger partial charge on any atom is 0.161 e. The smallest absolute Gasteiger partial charge is 0.161 e. The van der Waals surface area contributed by atoms with Crippen molar-refractivity contribution >= 4 is 11.6 Å². The van der Waals surface area contributed by atoms with E-state index in [0.717, 1.165) is 12.8 Å². The molecule has 0 fully saturated rings. The molecule has 1 atom stereocenters. The number of aliphatic hydroxyl groups excluding tert-OH is 1. The summed E-state index contributed by atoms with van der Waals surface area (Å²) >= 11 is 5.64. The van der Waals surface area contributed by atoms with E-state index >= 15 is 0 Å². The second-order valence-electron chi connectivity index (χ2n) is 5.01. The van der Waals surface area contributed by atoms with Crippen molar-refractivity contribution in [2.45, 2.75) is 82.6 Å². The lowest BCUT2D eigenvalue weighted by molar-refractivity contribution is 0.0487. The molecule has 4 heteroatoms. The van der Waals surface area contributed by atoms with E-state index in [1.807, 2.05) is 0 Å². The summed E-state index contributed by atoms with van der Waals surface area (Å²) < 4.78 is 0. The Morgan fingerprint density at radius 3 is 1.61 bits per heavy atom. The molecule has 0 bridgehead atoms. The summed E-state index contributed by atoms with van der Waals surface area (Å²) in [5.74, 6) is 0. The highest BCUT2D eigenvalue weighted by atomic mass is 35.5. The van der Waals surface area contributed by atoms with Crippen LogP contribution in [0.5, 0.6) is 0 Å². The van der Waals surface area contributed by atoms with Gasteiger partial charge in [-0.25, -0.2) is 0 Å². The van der Waals surface area contributed by atoms with Gasteiger partial charge < -0.3 is 16.4 Å². The average Bonchev–Trinajstić information content (AvgIpc) is 2.31. The van der Waals surface area contributed by atoms with Gasteiger partial charge in [-0.3, -0.25) is 0 Å². The predicted octanol–water partition coefficient (Wildman–Crippen LogP) is 4.38. The topological polar surface area (TPSA) is 75.5 Å². The first-order valence-corrected chi connectivity index (χ1v) is 7.52. The highest BCUT2D eigenvalue weighted by Crippen LogP contribution is 2.19. The molecule has 0 spiro atoms. The van der Waals surface area contributed by atoms with Crippen LogP contribution in [-0.4, -0.2) is 21.9 Å². The Morgan fingerprint density at radius 2 is 1.22 bits per heavy atom. The molecule has 0 aliphatic rings. The fraction of sp³-hybridized carbons (Fsp3) is 1.00. The van der Waals surface area contributed by atoms with Gasteiger partial charge in [0.15, 0.2) is 5.06 Å². The van der Waals surface area contributed by atoms with Crippen LogP contribution in [0.15, 0.2) is 0 Å². The molecule has 0 saturated heterocycles. The summed E-state index contributed by atoms with van der Waals surface area (Å²) in [5, 5.41) is 16.7. The molecule has 0 heterocycles. The second kappa shape index (κ2) is 13.6. The van der Waals surface area contributed by atoms with Gasteiger partial charge in [0.05, 0.1) is 6.61 Å². The number of unbranched alkanes of at least 4 members (excludes halogenated alkanes) is 9. The fourth-order valence-electron chi connectivity index (χ4n) is 1.96. The first-order valence-electron chi connectivity index (χ1n) is 7.14. The zero-order valence-corrected chi connectivity index (χ0v) is 12.7. The Hall–Kier alpha value is 0.170. The lowest BCUT2D eigenvalue weighted by Gasteiger charge is -2.16. The van der Waals surface area contributed by atoms with Crippen molar-refractivity contribution in [3.05, 3.63) is 0 Å². The van der Waals surface area contributed by atoms with E-state index in [-0.39, 0.29) is 12.8 Å². The summed E-state index contributed by atoms with van der Waals surface area (Å²) in [6.45, 7) is 1.89. The average molecular weight is 282 g/mol. The zero-order valence-electron chi connectivity index (χ0n) is 12.0. The van der Waals surface area contributed by atoms with Crippen molar-refractivity contribution in [2.75, 3.05) is 6.61 Å². The lowest BCUT2D eigenvalue weighted by atomic mass is 10.0. The molecule has 0 rings (SSSR count). The molecule has 0 radical (unpaired) electrons. The van der Waals surface area contributed by atoms with E-state index in [0.29, 0.717) is 6.42 Å². The Balaban J connectivity index is 0. The number of rotatable bonds is 12. The summed E-state index contributed by atoms with van der Waals surface area (Å²) in [6.07, 6.45) is 13.1. The highest BCUT2D eigenvalue weighted by Gasteiger charge is 2.20. The summed E-state index contributed by atoms with van der Waals surface area (Å²) in [5.41, 5.74) is 0. The van der Waals surface area contributed by atoms with Gasteiger partial charge in [0.1, 0.15) is 0 Å². The molecule has 112 valence electrons. The highest BCUT2D eigenvalue weighted by molar-refractivity contribution is 6.22. The number of hydrogen-bond donors (Lipinski definition) is 3. The third kappa shape index (κ3) is 14.2. The van der Waals surface area contributed by atoms with Gasteiger partial charge in [0.2, 0.25) is 0 Å². The Labute approximate surface area is 118 Å². The van der Waals surface area contributed by atoms with Crippen LogP contribution >= 0.6 is 11.6 Å². The van der Waals surface area contributed by atoms with Crippen LogP contribution in [0.25, 0.3) is 0 Å². The first-order chi connectivity index (χ1) is 8.12. The molecule has 18 heavy (non-hydrogen) atoms. The first kappa shape index (κ1) is 20.5. The molecule has 3 nitrogen and oxygen atoms in total. The molecule has 0 aromatic rings. The van der Waals surface area contributed by atoms with Crippen molar-refractivity contribution in [1.82, 2.24) is 6.15 Å². The van der Waals surface area contributed by atoms with Gasteiger partial charge in [-0.15, -0.1) is 0 Å². The van der Waals surface area contributed by atoms with Gasteiger partial charge in [0.25, 0.3) is 0 Å². The maximum absolute atomic E-state index is 9.36. The predicted molar refractivity (Wildman–Crippen MR) is 79.4 cm³/mol. The standard InChI is InChI=1S/C14H29ClO2.H3N/c1-2-3-4-5-6-7-8-9-10-11-12-14(15,17)13-16;/h16-17H,2-13H2,1H3;1H3. The number of alkyl halides is 1.